The molecule has 1 aromatic rings. The molecule has 134 valence electrons. The van der Waals surface area contributed by atoms with Crippen LogP contribution >= 0.6 is 11.8 Å². The predicted molar refractivity (Wildman–Crippen MR) is 103 cm³/mol. The molecule has 2 saturated heterocycles. The van der Waals surface area contributed by atoms with E-state index < -0.39 is 0 Å². The first-order chi connectivity index (χ1) is 12.0. The molecule has 0 radical (unpaired) electrons. The highest BCUT2D eigenvalue weighted by Crippen LogP contribution is 2.44. The summed E-state index contributed by atoms with van der Waals surface area (Å²) in [6.07, 6.45) is 5.30. The lowest BCUT2D eigenvalue weighted by atomic mass is 10.0. The summed E-state index contributed by atoms with van der Waals surface area (Å²) in [7, 11) is 0. The third-order valence-corrected chi connectivity index (χ3v) is 6.56. The van der Waals surface area contributed by atoms with Gasteiger partial charge in [0.2, 0.25) is 11.8 Å². The summed E-state index contributed by atoms with van der Waals surface area (Å²) < 4.78 is 0. The van der Waals surface area contributed by atoms with Crippen molar-refractivity contribution >= 4 is 29.7 Å². The first-order valence-corrected chi connectivity index (χ1v) is 9.98. The van der Waals surface area contributed by atoms with Crippen molar-refractivity contribution in [3.05, 3.63) is 42.0 Å². The summed E-state index contributed by atoms with van der Waals surface area (Å²) in [5.74, 6) is 1.32. The average Bonchev–Trinajstić information content (AvgIpc) is 3.03. The Kier molecular flexibility index (Phi) is 5.52. The maximum absolute atomic E-state index is 12.8. The molecule has 25 heavy (non-hydrogen) atoms. The van der Waals surface area contributed by atoms with Crippen LogP contribution in [0, 0.1) is 5.92 Å². The second kappa shape index (κ2) is 7.65. The van der Waals surface area contributed by atoms with Crippen LogP contribution in [0.3, 0.4) is 0 Å². The lowest BCUT2D eigenvalue weighted by Gasteiger charge is -2.44. The number of carbonyl (C=O) groups excluding carboxylic acids is 2. The minimum atomic E-state index is -0.133. The zero-order valence-corrected chi connectivity index (χ0v) is 15.8. The maximum Gasteiger partial charge on any atom is 0.247 e. The van der Waals surface area contributed by atoms with Crippen molar-refractivity contribution in [2.75, 3.05) is 25.4 Å². The number of likely N-dealkylation sites (tertiary alicyclic amines) is 1. The number of rotatable bonds is 3. The van der Waals surface area contributed by atoms with Crippen molar-refractivity contribution < 1.29 is 9.59 Å². The van der Waals surface area contributed by atoms with Gasteiger partial charge in [0.1, 0.15) is 0 Å². The molecular formula is C20H26N2O2S. The standard InChI is InChI=1S/C20H26N2O2S/c1-16(2)19(24)21-12-10-20(11-13-21)22(14-15-25-20)18(23)9-8-17-6-4-3-5-7-17/h3-9,16H,10-15H2,1-2H3/b9-8+. The first-order valence-electron chi connectivity index (χ1n) is 8.99. The SMILES string of the molecule is CC(C)C(=O)N1CCC2(CC1)SCCN2C(=O)/C=C/c1ccccc1. The van der Waals surface area contributed by atoms with Gasteiger partial charge in [0.15, 0.2) is 0 Å². The summed E-state index contributed by atoms with van der Waals surface area (Å²) in [4.78, 5) is 28.8. The van der Waals surface area contributed by atoms with Gasteiger partial charge in [-0.2, -0.15) is 0 Å². The largest absolute Gasteiger partial charge is 0.342 e. The van der Waals surface area contributed by atoms with E-state index in [1.165, 1.54) is 0 Å². The lowest BCUT2D eigenvalue weighted by Crippen LogP contribution is -2.53. The van der Waals surface area contributed by atoms with Crippen molar-refractivity contribution in [1.82, 2.24) is 9.80 Å². The number of nitrogens with zero attached hydrogens (tertiary/aromatic N) is 2. The fraction of sp³-hybridized carbons (Fsp3) is 0.500. The van der Waals surface area contributed by atoms with Gasteiger partial charge in [-0.1, -0.05) is 44.2 Å². The Morgan fingerprint density at radius 2 is 1.80 bits per heavy atom. The van der Waals surface area contributed by atoms with Gasteiger partial charge in [0, 0.05) is 37.4 Å². The fourth-order valence-electron chi connectivity index (χ4n) is 3.60. The van der Waals surface area contributed by atoms with E-state index in [9.17, 15) is 9.59 Å². The molecule has 0 bridgehead atoms. The van der Waals surface area contributed by atoms with E-state index >= 15 is 0 Å². The molecule has 2 amide bonds. The molecule has 0 saturated carbocycles. The Balaban J connectivity index is 1.66. The van der Waals surface area contributed by atoms with Gasteiger partial charge >= 0.3 is 0 Å². The third kappa shape index (κ3) is 3.92. The zero-order valence-electron chi connectivity index (χ0n) is 15.0. The van der Waals surface area contributed by atoms with Crippen LogP contribution < -0.4 is 0 Å². The normalized spacial score (nSPS) is 20.0. The van der Waals surface area contributed by atoms with Crippen molar-refractivity contribution in [3.63, 3.8) is 0 Å². The van der Waals surface area contributed by atoms with Crippen LogP contribution in [0.5, 0.6) is 0 Å². The van der Waals surface area contributed by atoms with Gasteiger partial charge in [0.25, 0.3) is 0 Å². The van der Waals surface area contributed by atoms with Crippen LogP contribution in [0.25, 0.3) is 6.08 Å². The van der Waals surface area contributed by atoms with Crippen molar-refractivity contribution in [1.29, 1.82) is 0 Å². The quantitative estimate of drug-likeness (QED) is 0.779. The molecule has 2 heterocycles. The molecule has 1 aromatic carbocycles. The molecule has 1 spiro atoms. The lowest BCUT2D eigenvalue weighted by molar-refractivity contribution is -0.137. The minimum absolute atomic E-state index is 0.0387. The smallest absolute Gasteiger partial charge is 0.247 e. The van der Waals surface area contributed by atoms with E-state index in [4.69, 9.17) is 0 Å². The summed E-state index contributed by atoms with van der Waals surface area (Å²) in [6, 6.07) is 9.90. The molecule has 2 aliphatic rings. The summed E-state index contributed by atoms with van der Waals surface area (Å²) >= 11 is 1.88. The van der Waals surface area contributed by atoms with Gasteiger partial charge < -0.3 is 9.80 Å². The zero-order chi connectivity index (χ0) is 17.9. The second-order valence-corrected chi connectivity index (χ2v) is 8.47. The predicted octanol–water partition coefficient (Wildman–Crippen LogP) is 3.25. The van der Waals surface area contributed by atoms with Gasteiger partial charge in [-0.05, 0) is 24.5 Å². The summed E-state index contributed by atoms with van der Waals surface area (Å²) in [6.45, 7) is 6.18. The third-order valence-electron chi connectivity index (χ3n) is 5.01. The van der Waals surface area contributed by atoms with Crippen molar-refractivity contribution in [2.45, 2.75) is 31.6 Å². The van der Waals surface area contributed by atoms with Crippen LogP contribution in [0.1, 0.15) is 32.3 Å². The Hall–Kier alpha value is -1.75. The van der Waals surface area contributed by atoms with Gasteiger partial charge in [-0.15, -0.1) is 11.8 Å². The fourth-order valence-corrected chi connectivity index (χ4v) is 5.06. The van der Waals surface area contributed by atoms with E-state index in [1.807, 2.05) is 71.8 Å². The highest BCUT2D eigenvalue weighted by molar-refractivity contribution is 8.00. The molecule has 5 heteroatoms. The Morgan fingerprint density at radius 3 is 2.44 bits per heavy atom. The average molecular weight is 359 g/mol. The molecule has 2 aliphatic heterocycles. The number of piperidine rings is 1. The number of amides is 2. The van der Waals surface area contributed by atoms with Crippen LogP contribution in [0.4, 0.5) is 0 Å². The molecular weight excluding hydrogens is 332 g/mol. The Morgan fingerprint density at radius 1 is 1.12 bits per heavy atom. The van der Waals surface area contributed by atoms with Gasteiger partial charge in [-0.3, -0.25) is 9.59 Å². The monoisotopic (exact) mass is 358 g/mol. The number of carbonyl (C=O) groups is 2. The molecule has 0 aliphatic carbocycles. The van der Waals surface area contributed by atoms with E-state index in [0.29, 0.717) is 0 Å². The Labute approximate surface area is 154 Å². The highest BCUT2D eigenvalue weighted by atomic mass is 32.2. The summed E-state index contributed by atoms with van der Waals surface area (Å²) in [5, 5.41) is 0. The highest BCUT2D eigenvalue weighted by Gasteiger charge is 2.46. The number of hydrogen-bond acceptors (Lipinski definition) is 3. The van der Waals surface area contributed by atoms with Crippen molar-refractivity contribution in [2.24, 2.45) is 5.92 Å². The Bertz CT molecular complexity index is 649. The van der Waals surface area contributed by atoms with Crippen LogP contribution in [0.15, 0.2) is 36.4 Å². The molecule has 2 fully saturated rings. The topological polar surface area (TPSA) is 40.6 Å². The first kappa shape index (κ1) is 18.1. The number of hydrogen-bond donors (Lipinski definition) is 0. The molecule has 3 rings (SSSR count). The molecule has 0 atom stereocenters. The molecule has 0 unspecified atom stereocenters. The van der Waals surface area contributed by atoms with E-state index in [0.717, 1.165) is 43.8 Å². The number of benzene rings is 1. The van der Waals surface area contributed by atoms with Crippen LogP contribution in [0.2, 0.25) is 0 Å². The number of thioether (sulfide) groups is 1. The van der Waals surface area contributed by atoms with Crippen LogP contribution in [-0.2, 0) is 9.59 Å². The van der Waals surface area contributed by atoms with E-state index in [2.05, 4.69) is 0 Å². The minimum Gasteiger partial charge on any atom is -0.342 e. The van der Waals surface area contributed by atoms with Gasteiger partial charge in [0.05, 0.1) is 4.87 Å². The summed E-state index contributed by atoms with van der Waals surface area (Å²) in [5.41, 5.74) is 1.04. The van der Waals surface area contributed by atoms with E-state index in [-0.39, 0.29) is 22.6 Å². The molecule has 0 N–H and O–H groups in total. The van der Waals surface area contributed by atoms with E-state index in [1.54, 1.807) is 6.08 Å². The van der Waals surface area contributed by atoms with Crippen LogP contribution in [-0.4, -0.2) is 51.9 Å². The van der Waals surface area contributed by atoms with Crippen molar-refractivity contribution in [3.8, 4) is 0 Å². The second-order valence-electron chi connectivity index (χ2n) is 7.01. The molecule has 0 aromatic heterocycles. The maximum atomic E-state index is 12.8. The van der Waals surface area contributed by atoms with Gasteiger partial charge in [-0.25, -0.2) is 0 Å². The molecule has 4 nitrogen and oxygen atoms in total.